The number of hydrogen-bond donors (Lipinski definition) is 3. The van der Waals surface area contributed by atoms with Crippen LogP contribution < -0.4 is 16.4 Å². The van der Waals surface area contributed by atoms with Crippen molar-refractivity contribution >= 4 is 45.0 Å². The van der Waals surface area contributed by atoms with Crippen molar-refractivity contribution in [1.29, 1.82) is 0 Å². The van der Waals surface area contributed by atoms with E-state index in [1.165, 1.54) is 0 Å². The van der Waals surface area contributed by atoms with Crippen molar-refractivity contribution in [3.8, 4) is 0 Å². The van der Waals surface area contributed by atoms with E-state index in [-0.39, 0.29) is 18.3 Å². The normalized spacial score (nSPS) is 11.7. The zero-order valence-electron chi connectivity index (χ0n) is 11.3. The first-order valence-electron chi connectivity index (χ1n) is 6.33. The molecule has 0 spiro atoms. The van der Waals surface area contributed by atoms with Gasteiger partial charge in [-0.2, -0.15) is 0 Å². The molecule has 0 aliphatic rings. The number of thiazole rings is 1. The molecule has 1 heterocycles. The standard InChI is InChI=1S/C13H18N4OS.ClH/c1-2-9(14)12(18)15-7-8-16-13-17-10-5-3-4-6-11(10)19-13;/h3-6,9H,2,7-8,14H2,1H3,(H,15,18)(H,16,17);1H/t9-;/m0./s1. The molecule has 2 aromatic rings. The Morgan fingerprint density at radius 3 is 2.85 bits per heavy atom. The van der Waals surface area contributed by atoms with E-state index < -0.39 is 6.04 Å². The van der Waals surface area contributed by atoms with E-state index in [1.54, 1.807) is 11.3 Å². The lowest BCUT2D eigenvalue weighted by molar-refractivity contribution is -0.122. The number of halogens is 1. The molecule has 2 rings (SSSR count). The number of amides is 1. The van der Waals surface area contributed by atoms with Gasteiger partial charge in [0.2, 0.25) is 5.91 Å². The number of rotatable bonds is 6. The van der Waals surface area contributed by atoms with Gasteiger partial charge in [-0.25, -0.2) is 4.98 Å². The van der Waals surface area contributed by atoms with Crippen LogP contribution in [-0.2, 0) is 4.79 Å². The molecule has 0 aliphatic carbocycles. The van der Waals surface area contributed by atoms with Crippen molar-refractivity contribution in [2.24, 2.45) is 5.73 Å². The first-order chi connectivity index (χ1) is 9.20. The Bertz CT molecular complexity index is 527. The smallest absolute Gasteiger partial charge is 0.236 e. The second-order valence-corrected chi connectivity index (χ2v) is 5.25. The summed E-state index contributed by atoms with van der Waals surface area (Å²) in [5, 5.41) is 6.86. The van der Waals surface area contributed by atoms with Crippen molar-refractivity contribution in [3.63, 3.8) is 0 Å². The molecule has 7 heteroatoms. The number of aromatic nitrogens is 1. The largest absolute Gasteiger partial charge is 0.360 e. The number of nitrogens with zero attached hydrogens (tertiary/aromatic N) is 1. The number of hydrogen-bond acceptors (Lipinski definition) is 5. The third-order valence-corrected chi connectivity index (χ3v) is 3.77. The average Bonchev–Trinajstić information content (AvgIpc) is 2.85. The Morgan fingerprint density at radius 2 is 2.15 bits per heavy atom. The molecule has 0 saturated carbocycles. The van der Waals surface area contributed by atoms with Crippen LogP contribution >= 0.6 is 23.7 Å². The number of benzene rings is 1. The van der Waals surface area contributed by atoms with Crippen molar-refractivity contribution in [2.45, 2.75) is 19.4 Å². The summed E-state index contributed by atoms with van der Waals surface area (Å²) in [7, 11) is 0. The van der Waals surface area contributed by atoms with E-state index >= 15 is 0 Å². The van der Waals surface area contributed by atoms with Crippen LogP contribution in [0.3, 0.4) is 0 Å². The molecule has 110 valence electrons. The highest BCUT2D eigenvalue weighted by Gasteiger charge is 2.09. The van der Waals surface area contributed by atoms with Gasteiger partial charge >= 0.3 is 0 Å². The highest BCUT2D eigenvalue weighted by molar-refractivity contribution is 7.22. The van der Waals surface area contributed by atoms with Crippen LogP contribution in [0.1, 0.15) is 13.3 Å². The number of para-hydroxylation sites is 1. The second kappa shape index (κ2) is 8.04. The zero-order chi connectivity index (χ0) is 13.7. The molecule has 0 bridgehead atoms. The van der Waals surface area contributed by atoms with Gasteiger partial charge in [-0.05, 0) is 18.6 Å². The van der Waals surface area contributed by atoms with E-state index in [1.807, 2.05) is 31.2 Å². The van der Waals surface area contributed by atoms with Crippen LogP contribution in [0.2, 0.25) is 0 Å². The third kappa shape index (κ3) is 4.33. The molecule has 1 aromatic carbocycles. The molecule has 4 N–H and O–H groups in total. The van der Waals surface area contributed by atoms with Gasteiger partial charge < -0.3 is 16.4 Å². The molecule has 0 aliphatic heterocycles. The molecule has 0 radical (unpaired) electrons. The van der Waals surface area contributed by atoms with Gasteiger partial charge in [0.05, 0.1) is 16.3 Å². The Hall–Kier alpha value is -1.37. The minimum atomic E-state index is -0.414. The highest BCUT2D eigenvalue weighted by atomic mass is 35.5. The first-order valence-corrected chi connectivity index (χ1v) is 7.15. The monoisotopic (exact) mass is 314 g/mol. The summed E-state index contributed by atoms with van der Waals surface area (Å²) in [6.45, 7) is 3.08. The predicted octanol–water partition coefficient (Wildman–Crippen LogP) is 1.98. The fourth-order valence-corrected chi connectivity index (χ4v) is 2.51. The van der Waals surface area contributed by atoms with Crippen molar-refractivity contribution in [3.05, 3.63) is 24.3 Å². The fraction of sp³-hybridized carbons (Fsp3) is 0.385. The first kappa shape index (κ1) is 16.7. The number of carbonyl (C=O) groups excluding carboxylic acids is 1. The molecule has 1 aromatic heterocycles. The van der Waals surface area contributed by atoms with Crippen molar-refractivity contribution in [2.75, 3.05) is 18.4 Å². The summed E-state index contributed by atoms with van der Waals surface area (Å²) in [5.41, 5.74) is 6.61. The lowest BCUT2D eigenvalue weighted by Gasteiger charge is -2.09. The molecule has 0 unspecified atom stereocenters. The maximum absolute atomic E-state index is 11.4. The molecule has 1 amide bonds. The van der Waals surface area contributed by atoms with Gasteiger partial charge in [0.25, 0.3) is 0 Å². The zero-order valence-corrected chi connectivity index (χ0v) is 12.9. The summed E-state index contributed by atoms with van der Waals surface area (Å²) in [4.78, 5) is 15.9. The minimum Gasteiger partial charge on any atom is -0.360 e. The highest BCUT2D eigenvalue weighted by Crippen LogP contribution is 2.24. The molecular weight excluding hydrogens is 296 g/mol. The van der Waals surface area contributed by atoms with Crippen LogP contribution in [0.25, 0.3) is 10.2 Å². The van der Waals surface area contributed by atoms with E-state index in [0.717, 1.165) is 15.3 Å². The van der Waals surface area contributed by atoms with E-state index in [2.05, 4.69) is 15.6 Å². The maximum atomic E-state index is 11.4. The number of fused-ring (bicyclic) bond motifs is 1. The molecule has 0 fully saturated rings. The molecular formula is C13H19ClN4OS. The Labute approximate surface area is 128 Å². The average molecular weight is 315 g/mol. The number of anilines is 1. The topological polar surface area (TPSA) is 80.0 Å². The maximum Gasteiger partial charge on any atom is 0.236 e. The quantitative estimate of drug-likeness (QED) is 0.712. The van der Waals surface area contributed by atoms with E-state index in [0.29, 0.717) is 19.5 Å². The Kier molecular flexibility index (Phi) is 6.70. The summed E-state index contributed by atoms with van der Waals surface area (Å²) < 4.78 is 1.15. The lowest BCUT2D eigenvalue weighted by Crippen LogP contribution is -2.41. The van der Waals surface area contributed by atoms with Crippen LogP contribution in [-0.4, -0.2) is 30.0 Å². The van der Waals surface area contributed by atoms with Gasteiger partial charge in [0, 0.05) is 13.1 Å². The summed E-state index contributed by atoms with van der Waals surface area (Å²) in [6.07, 6.45) is 0.650. The van der Waals surface area contributed by atoms with Crippen molar-refractivity contribution < 1.29 is 4.79 Å². The SMILES string of the molecule is CC[C@H](N)C(=O)NCCNc1nc2ccccc2s1.Cl. The lowest BCUT2D eigenvalue weighted by atomic mass is 10.2. The third-order valence-electron chi connectivity index (χ3n) is 2.77. The van der Waals surface area contributed by atoms with Crippen LogP contribution in [0.4, 0.5) is 5.13 Å². The van der Waals surface area contributed by atoms with Gasteiger partial charge in [-0.1, -0.05) is 30.4 Å². The molecule has 0 saturated heterocycles. The Balaban J connectivity index is 0.00000200. The number of nitrogens with one attached hydrogen (secondary N) is 2. The molecule has 20 heavy (non-hydrogen) atoms. The summed E-state index contributed by atoms with van der Waals surface area (Å²) in [5.74, 6) is -0.103. The van der Waals surface area contributed by atoms with Gasteiger partial charge in [-0.3, -0.25) is 4.79 Å². The fourth-order valence-electron chi connectivity index (χ4n) is 1.62. The summed E-state index contributed by atoms with van der Waals surface area (Å²) in [6, 6.07) is 7.58. The van der Waals surface area contributed by atoms with Crippen LogP contribution in [0, 0.1) is 0 Å². The second-order valence-electron chi connectivity index (χ2n) is 4.22. The van der Waals surface area contributed by atoms with E-state index in [4.69, 9.17) is 5.73 Å². The van der Waals surface area contributed by atoms with Crippen LogP contribution in [0.5, 0.6) is 0 Å². The summed E-state index contributed by atoms with van der Waals surface area (Å²) >= 11 is 1.61. The number of carbonyl (C=O) groups is 1. The number of nitrogens with two attached hydrogens (primary N) is 1. The minimum absolute atomic E-state index is 0. The molecule has 5 nitrogen and oxygen atoms in total. The van der Waals surface area contributed by atoms with Crippen molar-refractivity contribution in [1.82, 2.24) is 10.3 Å². The van der Waals surface area contributed by atoms with E-state index in [9.17, 15) is 4.79 Å². The Morgan fingerprint density at radius 1 is 1.40 bits per heavy atom. The predicted molar refractivity (Wildman–Crippen MR) is 86.6 cm³/mol. The van der Waals surface area contributed by atoms with Gasteiger partial charge in [0.15, 0.2) is 5.13 Å². The van der Waals surface area contributed by atoms with Gasteiger partial charge in [-0.15, -0.1) is 12.4 Å². The van der Waals surface area contributed by atoms with Gasteiger partial charge in [0.1, 0.15) is 0 Å². The molecule has 1 atom stereocenters. The van der Waals surface area contributed by atoms with Crippen LogP contribution in [0.15, 0.2) is 24.3 Å².